The third kappa shape index (κ3) is 3.84. The molecule has 0 bridgehead atoms. The molecule has 8 heteroatoms. The Balaban J connectivity index is 2.02. The zero-order chi connectivity index (χ0) is 18.0. The first-order chi connectivity index (χ1) is 11.9. The van der Waals surface area contributed by atoms with E-state index in [4.69, 9.17) is 11.6 Å². The molecule has 3 rings (SSSR count). The molecule has 0 aliphatic carbocycles. The molecule has 0 spiro atoms. The van der Waals surface area contributed by atoms with E-state index in [1.807, 2.05) is 30.3 Å². The lowest BCUT2D eigenvalue weighted by molar-refractivity contribution is 0.0703. The Morgan fingerprint density at radius 2 is 1.76 bits per heavy atom. The third-order valence-electron chi connectivity index (χ3n) is 3.34. The summed E-state index contributed by atoms with van der Waals surface area (Å²) in [4.78, 5) is 12.0. The van der Waals surface area contributed by atoms with E-state index >= 15 is 0 Å². The molecule has 0 amide bonds. The summed E-state index contributed by atoms with van der Waals surface area (Å²) in [5.41, 5.74) is 0.833. The second kappa shape index (κ2) is 6.87. The summed E-state index contributed by atoms with van der Waals surface area (Å²) in [7, 11) is -3.95. The second-order valence-corrected chi connectivity index (χ2v) is 8.26. The maximum absolute atomic E-state index is 12.5. The van der Waals surface area contributed by atoms with Crippen LogP contribution in [-0.4, -0.2) is 19.5 Å². The van der Waals surface area contributed by atoms with E-state index in [0.29, 0.717) is 4.88 Å². The predicted octanol–water partition coefficient (Wildman–Crippen LogP) is 4.57. The van der Waals surface area contributed by atoms with Crippen LogP contribution in [0.25, 0.3) is 10.4 Å². The van der Waals surface area contributed by atoms with Gasteiger partial charge in [-0.15, -0.1) is 11.3 Å². The third-order valence-corrected chi connectivity index (χ3v) is 6.11. The number of nitrogens with one attached hydrogen (secondary N) is 1. The molecule has 3 aromatic rings. The average molecular weight is 394 g/mol. The van der Waals surface area contributed by atoms with Crippen molar-refractivity contribution in [1.82, 2.24) is 0 Å². The summed E-state index contributed by atoms with van der Waals surface area (Å²) in [6.45, 7) is 0. The van der Waals surface area contributed by atoms with Gasteiger partial charge in [-0.1, -0.05) is 48.0 Å². The van der Waals surface area contributed by atoms with Crippen molar-refractivity contribution in [2.45, 2.75) is 4.90 Å². The average Bonchev–Trinajstić information content (AvgIpc) is 2.99. The molecule has 0 unspecified atom stereocenters. The van der Waals surface area contributed by atoms with Gasteiger partial charge < -0.3 is 5.11 Å². The first-order valence-corrected chi connectivity index (χ1v) is 9.75. The van der Waals surface area contributed by atoms with Gasteiger partial charge in [0.15, 0.2) is 0 Å². The minimum absolute atomic E-state index is 0.0244. The van der Waals surface area contributed by atoms with Crippen LogP contribution in [0.2, 0.25) is 5.02 Å². The predicted molar refractivity (Wildman–Crippen MR) is 99.0 cm³/mol. The minimum atomic E-state index is -3.95. The Labute approximate surface area is 153 Å². The van der Waals surface area contributed by atoms with Crippen molar-refractivity contribution < 1.29 is 18.3 Å². The zero-order valence-electron chi connectivity index (χ0n) is 12.6. The number of sulfonamides is 1. The van der Waals surface area contributed by atoms with E-state index in [0.717, 1.165) is 16.9 Å². The molecule has 25 heavy (non-hydrogen) atoms. The van der Waals surface area contributed by atoms with Crippen LogP contribution in [0.15, 0.2) is 65.6 Å². The molecule has 0 fully saturated rings. The number of hydrogen-bond acceptors (Lipinski definition) is 4. The van der Waals surface area contributed by atoms with Gasteiger partial charge in [-0.25, -0.2) is 13.2 Å². The van der Waals surface area contributed by atoms with Crippen molar-refractivity contribution in [1.29, 1.82) is 0 Å². The largest absolute Gasteiger partial charge is 0.477 e. The summed E-state index contributed by atoms with van der Waals surface area (Å²) >= 11 is 6.84. The molecule has 128 valence electrons. The van der Waals surface area contributed by atoms with Crippen LogP contribution < -0.4 is 4.72 Å². The van der Waals surface area contributed by atoms with E-state index in [1.165, 1.54) is 24.3 Å². The van der Waals surface area contributed by atoms with E-state index in [1.54, 1.807) is 6.07 Å². The summed E-state index contributed by atoms with van der Waals surface area (Å²) in [6.07, 6.45) is 0. The van der Waals surface area contributed by atoms with Gasteiger partial charge in [-0.2, -0.15) is 0 Å². The molecular formula is C17H12ClNO4S2. The van der Waals surface area contributed by atoms with Gasteiger partial charge in [-0.3, -0.25) is 4.72 Å². The Kier molecular flexibility index (Phi) is 4.80. The Hall–Kier alpha value is -2.35. The molecule has 0 aliphatic rings. The zero-order valence-corrected chi connectivity index (χ0v) is 15.0. The molecule has 2 N–H and O–H groups in total. The minimum Gasteiger partial charge on any atom is -0.477 e. The Morgan fingerprint density at radius 3 is 2.40 bits per heavy atom. The van der Waals surface area contributed by atoms with E-state index < -0.39 is 16.0 Å². The summed E-state index contributed by atoms with van der Waals surface area (Å²) in [6, 6.07) is 16.4. The van der Waals surface area contributed by atoms with Crippen molar-refractivity contribution in [2.24, 2.45) is 0 Å². The molecular weight excluding hydrogens is 382 g/mol. The van der Waals surface area contributed by atoms with Crippen LogP contribution in [-0.2, 0) is 10.0 Å². The number of anilines is 1. The monoisotopic (exact) mass is 393 g/mol. The van der Waals surface area contributed by atoms with Crippen molar-refractivity contribution in [3.05, 3.63) is 70.6 Å². The highest BCUT2D eigenvalue weighted by Gasteiger charge is 2.22. The molecule has 1 heterocycles. The van der Waals surface area contributed by atoms with Gasteiger partial charge in [0.1, 0.15) is 4.88 Å². The molecule has 0 radical (unpaired) electrons. The van der Waals surface area contributed by atoms with Gasteiger partial charge >= 0.3 is 5.97 Å². The van der Waals surface area contributed by atoms with Crippen molar-refractivity contribution in [3.8, 4) is 10.4 Å². The van der Waals surface area contributed by atoms with Crippen LogP contribution >= 0.6 is 22.9 Å². The van der Waals surface area contributed by atoms with Gasteiger partial charge in [-0.05, 0) is 29.8 Å². The van der Waals surface area contributed by atoms with E-state index in [9.17, 15) is 18.3 Å². The molecule has 0 saturated heterocycles. The molecule has 0 aliphatic heterocycles. The molecule has 1 aromatic heterocycles. The van der Waals surface area contributed by atoms with E-state index in [-0.39, 0.29) is 20.5 Å². The fourth-order valence-corrected chi connectivity index (χ4v) is 4.59. The maximum atomic E-state index is 12.5. The van der Waals surface area contributed by atoms with Crippen LogP contribution in [0.5, 0.6) is 0 Å². The fraction of sp³-hybridized carbons (Fsp3) is 0. The lowest BCUT2D eigenvalue weighted by Gasteiger charge is -2.07. The van der Waals surface area contributed by atoms with Crippen molar-refractivity contribution in [3.63, 3.8) is 0 Å². The number of rotatable bonds is 5. The summed E-state index contributed by atoms with van der Waals surface area (Å²) in [5.74, 6) is -1.20. The first kappa shape index (κ1) is 17.5. The van der Waals surface area contributed by atoms with Crippen molar-refractivity contribution in [2.75, 3.05) is 4.72 Å². The Morgan fingerprint density at radius 1 is 1.04 bits per heavy atom. The number of carboxylic acids is 1. The van der Waals surface area contributed by atoms with Gasteiger partial charge in [0, 0.05) is 9.90 Å². The molecule has 0 atom stereocenters. The lowest BCUT2D eigenvalue weighted by atomic mass is 10.2. The molecule has 5 nitrogen and oxygen atoms in total. The maximum Gasteiger partial charge on any atom is 0.348 e. The standard InChI is InChI=1S/C17H12ClNO4S2/c18-12-7-4-8-13(9-12)25(22,23)19-14-10-15(24-16(14)17(20)21)11-5-2-1-3-6-11/h1-10,19H,(H,20,21). The summed E-state index contributed by atoms with van der Waals surface area (Å²) in [5, 5.41) is 9.67. The second-order valence-electron chi connectivity index (χ2n) is 5.09. The molecule has 0 saturated carbocycles. The number of benzene rings is 2. The fourth-order valence-electron chi connectivity index (χ4n) is 2.21. The van der Waals surface area contributed by atoms with Crippen molar-refractivity contribution >= 4 is 44.6 Å². The summed E-state index contributed by atoms with van der Waals surface area (Å²) < 4.78 is 27.4. The Bertz CT molecular complexity index is 1030. The number of carboxylic acid groups (broad SMARTS) is 1. The topological polar surface area (TPSA) is 83.5 Å². The highest BCUT2D eigenvalue weighted by atomic mass is 35.5. The van der Waals surface area contributed by atoms with Gasteiger partial charge in [0.25, 0.3) is 10.0 Å². The van der Waals surface area contributed by atoms with Crippen LogP contribution in [0.3, 0.4) is 0 Å². The number of halogens is 1. The van der Waals surface area contributed by atoms with E-state index in [2.05, 4.69) is 4.72 Å². The lowest BCUT2D eigenvalue weighted by Crippen LogP contribution is -2.14. The normalized spacial score (nSPS) is 11.2. The number of carbonyl (C=O) groups is 1. The SMILES string of the molecule is O=C(O)c1sc(-c2ccccc2)cc1NS(=O)(=O)c1cccc(Cl)c1. The highest BCUT2D eigenvalue weighted by Crippen LogP contribution is 2.36. The first-order valence-electron chi connectivity index (χ1n) is 7.08. The smallest absolute Gasteiger partial charge is 0.348 e. The quantitative estimate of drug-likeness (QED) is 0.665. The van der Waals surface area contributed by atoms with Crippen LogP contribution in [0, 0.1) is 0 Å². The highest BCUT2D eigenvalue weighted by molar-refractivity contribution is 7.92. The number of aromatic carboxylic acids is 1. The number of hydrogen-bond donors (Lipinski definition) is 2. The van der Waals surface area contributed by atoms with Gasteiger partial charge in [0.2, 0.25) is 0 Å². The number of thiophene rings is 1. The van der Waals surface area contributed by atoms with Crippen LogP contribution in [0.4, 0.5) is 5.69 Å². The van der Waals surface area contributed by atoms with Crippen LogP contribution in [0.1, 0.15) is 9.67 Å². The van der Waals surface area contributed by atoms with Gasteiger partial charge in [0.05, 0.1) is 10.6 Å². The molecule has 2 aromatic carbocycles.